The van der Waals surface area contributed by atoms with Gasteiger partial charge in [-0.25, -0.2) is 4.98 Å². The molecule has 2 amide bonds. The summed E-state index contributed by atoms with van der Waals surface area (Å²) in [6.07, 6.45) is 1.51. The SMILES string of the molecule is Cc1ccc(NC(=O)c2ccc(N(C)CC(=O)Nc3c(C)cccc3C)nc2)cc1. The highest BCUT2D eigenvalue weighted by molar-refractivity contribution is 6.04. The molecule has 0 radical (unpaired) electrons. The number of anilines is 3. The average molecular weight is 402 g/mol. The van der Waals surface area contributed by atoms with E-state index in [0.29, 0.717) is 11.4 Å². The third kappa shape index (κ3) is 5.23. The minimum Gasteiger partial charge on any atom is -0.350 e. The Hall–Kier alpha value is -3.67. The second-order valence-corrected chi connectivity index (χ2v) is 7.40. The first-order valence-electron chi connectivity index (χ1n) is 9.75. The Kier molecular flexibility index (Phi) is 6.47. The van der Waals surface area contributed by atoms with Crippen molar-refractivity contribution in [3.63, 3.8) is 0 Å². The number of carbonyl (C=O) groups excluding carboxylic acids is 2. The fourth-order valence-corrected chi connectivity index (χ4v) is 3.07. The molecule has 0 aliphatic heterocycles. The Bertz CT molecular complexity index is 1020. The summed E-state index contributed by atoms with van der Waals surface area (Å²) in [5, 5.41) is 5.82. The fraction of sp³-hybridized carbons (Fsp3) is 0.208. The molecule has 3 aromatic rings. The van der Waals surface area contributed by atoms with Gasteiger partial charge in [-0.05, 0) is 56.2 Å². The summed E-state index contributed by atoms with van der Waals surface area (Å²) in [7, 11) is 1.79. The van der Waals surface area contributed by atoms with E-state index in [-0.39, 0.29) is 18.4 Å². The van der Waals surface area contributed by atoms with Crippen LogP contribution in [0.3, 0.4) is 0 Å². The van der Waals surface area contributed by atoms with E-state index in [1.165, 1.54) is 6.20 Å². The summed E-state index contributed by atoms with van der Waals surface area (Å²) < 4.78 is 0. The van der Waals surface area contributed by atoms with Crippen LogP contribution in [0.2, 0.25) is 0 Å². The summed E-state index contributed by atoms with van der Waals surface area (Å²) in [6, 6.07) is 16.9. The van der Waals surface area contributed by atoms with E-state index in [9.17, 15) is 9.59 Å². The lowest BCUT2D eigenvalue weighted by Crippen LogP contribution is -2.31. The smallest absolute Gasteiger partial charge is 0.257 e. The molecule has 0 unspecified atom stereocenters. The predicted molar refractivity (Wildman–Crippen MR) is 121 cm³/mol. The van der Waals surface area contributed by atoms with Crippen molar-refractivity contribution in [3.8, 4) is 0 Å². The first kappa shape index (κ1) is 21.0. The van der Waals surface area contributed by atoms with Crippen molar-refractivity contribution in [2.75, 3.05) is 29.1 Å². The Balaban J connectivity index is 1.60. The molecule has 0 bridgehead atoms. The van der Waals surface area contributed by atoms with Gasteiger partial charge >= 0.3 is 0 Å². The number of pyridine rings is 1. The van der Waals surface area contributed by atoms with Crippen molar-refractivity contribution >= 4 is 29.0 Å². The van der Waals surface area contributed by atoms with E-state index in [2.05, 4.69) is 15.6 Å². The Morgan fingerprint density at radius 1 is 0.900 bits per heavy atom. The van der Waals surface area contributed by atoms with Gasteiger partial charge in [-0.1, -0.05) is 35.9 Å². The normalized spacial score (nSPS) is 10.4. The van der Waals surface area contributed by atoms with Crippen molar-refractivity contribution in [3.05, 3.63) is 83.0 Å². The van der Waals surface area contributed by atoms with Gasteiger partial charge < -0.3 is 15.5 Å². The Morgan fingerprint density at radius 2 is 1.57 bits per heavy atom. The molecule has 2 aromatic carbocycles. The van der Waals surface area contributed by atoms with Gasteiger partial charge in [-0.3, -0.25) is 9.59 Å². The van der Waals surface area contributed by atoms with Crippen molar-refractivity contribution in [1.29, 1.82) is 0 Å². The van der Waals surface area contributed by atoms with E-state index < -0.39 is 0 Å². The van der Waals surface area contributed by atoms with E-state index in [1.807, 2.05) is 63.2 Å². The lowest BCUT2D eigenvalue weighted by atomic mass is 10.1. The minimum atomic E-state index is -0.228. The molecule has 3 rings (SSSR count). The van der Waals surface area contributed by atoms with Gasteiger partial charge in [0.15, 0.2) is 0 Å². The number of hydrogen-bond donors (Lipinski definition) is 2. The molecule has 0 saturated carbocycles. The molecule has 1 heterocycles. The van der Waals surface area contributed by atoms with Crippen LogP contribution in [0.1, 0.15) is 27.0 Å². The van der Waals surface area contributed by atoms with E-state index in [4.69, 9.17) is 0 Å². The third-order valence-corrected chi connectivity index (χ3v) is 4.84. The molecule has 6 nitrogen and oxygen atoms in total. The Labute approximate surface area is 177 Å². The average Bonchev–Trinajstić information content (AvgIpc) is 2.72. The molecule has 0 saturated heterocycles. The highest BCUT2D eigenvalue weighted by Crippen LogP contribution is 2.19. The molecule has 0 aliphatic carbocycles. The number of aromatic nitrogens is 1. The van der Waals surface area contributed by atoms with Gasteiger partial charge in [-0.15, -0.1) is 0 Å². The minimum absolute atomic E-state index is 0.127. The van der Waals surface area contributed by atoms with Gasteiger partial charge in [0, 0.05) is 24.6 Å². The molecule has 2 N–H and O–H groups in total. The number of aryl methyl sites for hydroxylation is 3. The van der Waals surface area contributed by atoms with Crippen molar-refractivity contribution < 1.29 is 9.59 Å². The predicted octanol–water partition coefficient (Wildman–Crippen LogP) is 4.33. The monoisotopic (exact) mass is 402 g/mol. The number of hydrogen-bond acceptors (Lipinski definition) is 4. The molecule has 6 heteroatoms. The largest absolute Gasteiger partial charge is 0.350 e. The number of nitrogens with zero attached hydrogens (tertiary/aromatic N) is 2. The summed E-state index contributed by atoms with van der Waals surface area (Å²) in [4.78, 5) is 30.9. The summed E-state index contributed by atoms with van der Waals surface area (Å²) in [6.45, 7) is 6.07. The van der Waals surface area contributed by atoms with Crippen LogP contribution in [0, 0.1) is 20.8 Å². The number of rotatable bonds is 6. The van der Waals surface area contributed by atoms with Crippen molar-refractivity contribution in [1.82, 2.24) is 4.98 Å². The number of amides is 2. The fourth-order valence-electron chi connectivity index (χ4n) is 3.07. The number of benzene rings is 2. The van der Waals surface area contributed by atoms with Gasteiger partial charge in [-0.2, -0.15) is 0 Å². The third-order valence-electron chi connectivity index (χ3n) is 4.84. The molecular formula is C24H26N4O2. The molecule has 30 heavy (non-hydrogen) atoms. The molecule has 0 aliphatic rings. The zero-order valence-electron chi connectivity index (χ0n) is 17.7. The maximum Gasteiger partial charge on any atom is 0.257 e. The van der Waals surface area contributed by atoms with E-state index >= 15 is 0 Å². The van der Waals surface area contributed by atoms with Crippen LogP contribution in [-0.2, 0) is 4.79 Å². The molecule has 1 aromatic heterocycles. The highest BCUT2D eigenvalue weighted by Gasteiger charge is 2.13. The number of likely N-dealkylation sites (N-methyl/N-ethyl adjacent to an activating group) is 1. The van der Waals surface area contributed by atoms with Gasteiger partial charge in [0.1, 0.15) is 5.82 Å². The standard InChI is InChI=1S/C24H26N4O2/c1-16-8-11-20(12-9-16)26-24(30)19-10-13-21(25-14-19)28(4)15-22(29)27-23-17(2)6-5-7-18(23)3/h5-14H,15H2,1-4H3,(H,26,30)(H,27,29). The highest BCUT2D eigenvalue weighted by atomic mass is 16.2. The second kappa shape index (κ2) is 9.22. The molecular weight excluding hydrogens is 376 g/mol. The summed E-state index contributed by atoms with van der Waals surface area (Å²) in [5.41, 5.74) is 5.19. The first-order chi connectivity index (χ1) is 14.3. The summed E-state index contributed by atoms with van der Waals surface area (Å²) >= 11 is 0. The zero-order valence-corrected chi connectivity index (χ0v) is 17.7. The summed E-state index contributed by atoms with van der Waals surface area (Å²) in [5.74, 6) is 0.254. The van der Waals surface area contributed by atoms with Crippen LogP contribution in [0.4, 0.5) is 17.2 Å². The van der Waals surface area contributed by atoms with Crippen LogP contribution < -0.4 is 15.5 Å². The van der Waals surface area contributed by atoms with Crippen LogP contribution in [0.15, 0.2) is 60.8 Å². The van der Waals surface area contributed by atoms with E-state index in [0.717, 1.165) is 28.1 Å². The van der Waals surface area contributed by atoms with Crippen LogP contribution in [0.5, 0.6) is 0 Å². The van der Waals surface area contributed by atoms with E-state index in [1.54, 1.807) is 24.1 Å². The second-order valence-electron chi connectivity index (χ2n) is 7.40. The lowest BCUT2D eigenvalue weighted by Gasteiger charge is -2.19. The maximum atomic E-state index is 12.5. The van der Waals surface area contributed by atoms with Gasteiger partial charge in [0.2, 0.25) is 5.91 Å². The molecule has 0 fully saturated rings. The molecule has 0 atom stereocenters. The Morgan fingerprint density at radius 3 is 2.17 bits per heavy atom. The van der Waals surface area contributed by atoms with Crippen LogP contribution in [-0.4, -0.2) is 30.4 Å². The zero-order chi connectivity index (χ0) is 21.7. The lowest BCUT2D eigenvalue weighted by molar-refractivity contribution is -0.114. The van der Waals surface area contributed by atoms with Crippen LogP contribution >= 0.6 is 0 Å². The number of nitrogens with one attached hydrogen (secondary N) is 2. The van der Waals surface area contributed by atoms with Gasteiger partial charge in [0.25, 0.3) is 5.91 Å². The number of carbonyl (C=O) groups is 2. The van der Waals surface area contributed by atoms with Crippen LogP contribution in [0.25, 0.3) is 0 Å². The first-order valence-corrected chi connectivity index (χ1v) is 9.75. The molecule has 154 valence electrons. The van der Waals surface area contributed by atoms with Gasteiger partial charge in [0.05, 0.1) is 12.1 Å². The topological polar surface area (TPSA) is 74.3 Å². The maximum absolute atomic E-state index is 12.5. The van der Waals surface area contributed by atoms with Crippen molar-refractivity contribution in [2.24, 2.45) is 0 Å². The molecule has 0 spiro atoms. The number of para-hydroxylation sites is 1. The van der Waals surface area contributed by atoms with Crippen molar-refractivity contribution in [2.45, 2.75) is 20.8 Å². The quantitative estimate of drug-likeness (QED) is 0.643.